The number of para-hydroxylation sites is 3. The largest absolute Gasteiger partial charge is 0.311 e. The molecule has 2 heteroatoms. The Hall–Kier alpha value is -9.50. The molecule has 0 radical (unpaired) electrons. The molecule has 2 aliphatic carbocycles. The minimum Gasteiger partial charge on any atom is -0.311 e. The molecule has 2 aliphatic rings. The lowest BCUT2D eigenvalue weighted by Gasteiger charge is -2.32. The highest BCUT2D eigenvalue weighted by Crippen LogP contribution is 2.46. The highest BCUT2D eigenvalue weighted by Gasteiger charge is 2.26. The van der Waals surface area contributed by atoms with Gasteiger partial charge in [-0.15, -0.1) is 0 Å². The zero-order chi connectivity index (χ0) is 50.5. The van der Waals surface area contributed by atoms with E-state index in [0.29, 0.717) is 0 Å². The number of hydrogen-bond acceptors (Lipinski definition) is 1. The number of benzene rings is 11. The van der Waals surface area contributed by atoms with Gasteiger partial charge in [0.25, 0.3) is 0 Å². The van der Waals surface area contributed by atoms with E-state index < -0.39 is 0 Å². The van der Waals surface area contributed by atoms with Crippen molar-refractivity contribution in [3.63, 3.8) is 0 Å². The summed E-state index contributed by atoms with van der Waals surface area (Å²) < 4.78 is 2.43. The van der Waals surface area contributed by atoms with Gasteiger partial charge >= 0.3 is 0 Å². The average molecular weight is 971 g/mol. The highest BCUT2D eigenvalue weighted by molar-refractivity contribution is 6.09. The number of allylic oxidation sites excluding steroid dienone is 3. The molecule has 0 bridgehead atoms. The number of aromatic nitrogens is 1. The zero-order valence-corrected chi connectivity index (χ0v) is 42.4. The Morgan fingerprint density at radius 3 is 1.55 bits per heavy atom. The number of rotatable bonds is 10. The van der Waals surface area contributed by atoms with Crippen LogP contribution < -0.4 is 4.90 Å². The summed E-state index contributed by atoms with van der Waals surface area (Å²) in [6.07, 6.45) is 8.17. The van der Waals surface area contributed by atoms with E-state index >= 15 is 0 Å². The van der Waals surface area contributed by atoms with Gasteiger partial charge in [-0.05, 0) is 145 Å². The Kier molecular flexibility index (Phi) is 11.3. The minimum atomic E-state index is 0.220. The van der Waals surface area contributed by atoms with Crippen molar-refractivity contribution < 1.29 is 0 Å². The summed E-state index contributed by atoms with van der Waals surface area (Å²) in [5.41, 5.74) is 26.1. The second kappa shape index (κ2) is 19.1. The summed E-state index contributed by atoms with van der Waals surface area (Å²) >= 11 is 0. The number of nitrogens with zero attached hydrogens (tertiary/aromatic N) is 2. The van der Waals surface area contributed by atoms with Crippen molar-refractivity contribution in [2.75, 3.05) is 4.90 Å². The highest BCUT2D eigenvalue weighted by atomic mass is 15.1. The number of fused-ring (bicyclic) bond motifs is 6. The van der Waals surface area contributed by atoms with Crippen LogP contribution in [0, 0.1) is 5.92 Å². The van der Waals surface area contributed by atoms with E-state index in [4.69, 9.17) is 0 Å². The molecule has 1 aromatic heterocycles. The molecule has 0 saturated heterocycles. The van der Waals surface area contributed by atoms with Gasteiger partial charge in [0, 0.05) is 39.3 Å². The Labute approximate surface area is 445 Å². The fourth-order valence-electron chi connectivity index (χ4n) is 12.3. The van der Waals surface area contributed by atoms with Crippen LogP contribution in [0.4, 0.5) is 11.4 Å². The van der Waals surface area contributed by atoms with Crippen LogP contribution in [0.5, 0.6) is 0 Å². The Bertz CT molecular complexity index is 4140. The van der Waals surface area contributed by atoms with Gasteiger partial charge in [0.05, 0.1) is 16.7 Å². The van der Waals surface area contributed by atoms with Crippen LogP contribution in [-0.2, 0) is 6.42 Å². The van der Waals surface area contributed by atoms with Crippen LogP contribution in [-0.4, -0.2) is 4.57 Å². The van der Waals surface area contributed by atoms with E-state index in [9.17, 15) is 0 Å². The van der Waals surface area contributed by atoms with E-state index in [2.05, 4.69) is 302 Å². The van der Waals surface area contributed by atoms with Gasteiger partial charge in [-0.25, -0.2) is 0 Å². The van der Waals surface area contributed by atoms with Crippen LogP contribution in [0.15, 0.2) is 291 Å². The maximum absolute atomic E-state index is 2.46. The fourth-order valence-corrected chi connectivity index (χ4v) is 12.3. The molecule has 2 unspecified atom stereocenters. The molecule has 0 fully saturated rings. The minimum absolute atomic E-state index is 0.220. The summed E-state index contributed by atoms with van der Waals surface area (Å²) in [5, 5.41) is 2.54. The quantitative estimate of drug-likeness (QED) is 0.133. The molecule has 12 aromatic rings. The summed E-state index contributed by atoms with van der Waals surface area (Å²) in [4.78, 5) is 2.43. The second-order valence-corrected chi connectivity index (χ2v) is 20.4. The molecule has 360 valence electrons. The van der Waals surface area contributed by atoms with Gasteiger partial charge in [-0.2, -0.15) is 0 Å². The lowest BCUT2D eigenvalue weighted by molar-refractivity contribution is 0.628. The van der Waals surface area contributed by atoms with Crippen molar-refractivity contribution in [3.05, 3.63) is 308 Å². The maximum atomic E-state index is 2.46. The average Bonchev–Trinajstić information content (AvgIpc) is 4.13. The van der Waals surface area contributed by atoms with E-state index in [1.807, 2.05) is 0 Å². The number of hydrogen-bond donors (Lipinski definition) is 0. The van der Waals surface area contributed by atoms with Crippen LogP contribution >= 0.6 is 0 Å². The maximum Gasteiger partial charge on any atom is 0.0541 e. The number of anilines is 2. The first-order chi connectivity index (χ1) is 37.6. The van der Waals surface area contributed by atoms with Crippen LogP contribution in [0.25, 0.3) is 94.3 Å². The molecule has 1 heterocycles. The van der Waals surface area contributed by atoms with Gasteiger partial charge in [-0.1, -0.05) is 237 Å². The topological polar surface area (TPSA) is 8.17 Å². The summed E-state index contributed by atoms with van der Waals surface area (Å²) in [7, 11) is 0. The molecule has 0 saturated carbocycles. The Morgan fingerprint density at radius 2 is 0.868 bits per heavy atom. The summed E-state index contributed by atoms with van der Waals surface area (Å²) in [5.74, 6) is 0.459. The first kappa shape index (κ1) is 45.1. The third-order valence-electron chi connectivity index (χ3n) is 16.0. The second-order valence-electron chi connectivity index (χ2n) is 20.4. The Balaban J connectivity index is 0.792. The normalized spacial score (nSPS) is 14.6. The van der Waals surface area contributed by atoms with Gasteiger partial charge in [0.2, 0.25) is 0 Å². The van der Waals surface area contributed by atoms with Gasteiger partial charge in [0.1, 0.15) is 0 Å². The van der Waals surface area contributed by atoms with Crippen molar-refractivity contribution in [1.29, 1.82) is 0 Å². The SMILES string of the molecule is CC1C=C(N(c2ccc(-c3cccc(-c4ccccc4)c3)cc2)c2ccc(-c3ccccc3-c3cccc4c3Cc3ccccc3-4)cc2)C=CC1c1ccc(-c2ccccc2-n2c3ccccc3c3ccccc32)cc1. The summed E-state index contributed by atoms with van der Waals surface area (Å²) in [6, 6.07) is 98.0. The van der Waals surface area contributed by atoms with E-state index in [1.165, 1.54) is 111 Å². The fraction of sp³-hybridized carbons (Fsp3) is 0.0541. The van der Waals surface area contributed by atoms with Crippen molar-refractivity contribution in [2.45, 2.75) is 19.3 Å². The van der Waals surface area contributed by atoms with Crippen molar-refractivity contribution in [3.8, 4) is 72.4 Å². The molecule has 0 spiro atoms. The zero-order valence-electron chi connectivity index (χ0n) is 42.4. The van der Waals surface area contributed by atoms with Crippen LogP contribution in [0.1, 0.15) is 29.5 Å². The first-order valence-electron chi connectivity index (χ1n) is 26.7. The van der Waals surface area contributed by atoms with E-state index in [1.54, 1.807) is 0 Å². The third kappa shape index (κ3) is 7.98. The molecule has 2 atom stereocenters. The monoisotopic (exact) mass is 970 g/mol. The molecule has 14 rings (SSSR count). The molecule has 76 heavy (non-hydrogen) atoms. The molecule has 2 nitrogen and oxygen atoms in total. The molecule has 0 N–H and O–H groups in total. The molecular formula is C74H54N2. The predicted molar refractivity (Wildman–Crippen MR) is 320 cm³/mol. The van der Waals surface area contributed by atoms with E-state index in [0.717, 1.165) is 23.5 Å². The van der Waals surface area contributed by atoms with Crippen molar-refractivity contribution >= 4 is 33.2 Å². The van der Waals surface area contributed by atoms with Gasteiger partial charge in [-0.3, -0.25) is 0 Å². The standard InChI is InChI=1S/C74H54N2/c1-50-47-61(45-46-62(50)53-33-35-55(36-34-53)65-24-9-12-30-72(65)76-73-31-13-10-26-69(73)70-27-11-14-32-74(70)76)75(59-41-37-52(38-42-59)57-21-15-20-56(48-57)51-17-3-2-4-18-51)60-43-39-54(40-44-60)63-22-7-8-25-66(63)68-29-16-28-67-64-23-6-5-19-58(64)49-71(67)68/h2-48,50,62H,49H2,1H3. The lowest BCUT2D eigenvalue weighted by Crippen LogP contribution is -2.20. The third-order valence-corrected chi connectivity index (χ3v) is 16.0. The predicted octanol–water partition coefficient (Wildman–Crippen LogP) is 19.7. The Morgan fingerprint density at radius 1 is 0.382 bits per heavy atom. The lowest BCUT2D eigenvalue weighted by atomic mass is 9.82. The van der Waals surface area contributed by atoms with Gasteiger partial charge in [0.15, 0.2) is 0 Å². The molecular weight excluding hydrogens is 917 g/mol. The van der Waals surface area contributed by atoms with Crippen LogP contribution in [0.2, 0.25) is 0 Å². The van der Waals surface area contributed by atoms with Crippen LogP contribution in [0.3, 0.4) is 0 Å². The molecule has 11 aromatic carbocycles. The van der Waals surface area contributed by atoms with E-state index in [-0.39, 0.29) is 11.8 Å². The summed E-state index contributed by atoms with van der Waals surface area (Å²) in [6.45, 7) is 2.36. The van der Waals surface area contributed by atoms with Crippen molar-refractivity contribution in [1.82, 2.24) is 4.57 Å². The molecule has 0 amide bonds. The van der Waals surface area contributed by atoms with Gasteiger partial charge < -0.3 is 9.47 Å². The molecule has 0 aliphatic heterocycles. The smallest absolute Gasteiger partial charge is 0.0541 e. The van der Waals surface area contributed by atoms with Crippen molar-refractivity contribution in [2.24, 2.45) is 5.92 Å². The first-order valence-corrected chi connectivity index (χ1v) is 26.7.